The highest BCUT2D eigenvalue weighted by atomic mass is 127. The summed E-state index contributed by atoms with van der Waals surface area (Å²) in [5.74, 6) is 0. The van der Waals surface area contributed by atoms with E-state index in [2.05, 4.69) is 20.9 Å². The molecule has 3 N–H and O–H groups in total. The maximum atomic E-state index is 11.8. The Morgan fingerprint density at radius 1 is 1.65 bits per heavy atom. The van der Waals surface area contributed by atoms with Crippen LogP contribution >= 0.6 is 38.5 Å². The molecule has 7 nitrogen and oxygen atoms in total. The van der Waals surface area contributed by atoms with Gasteiger partial charge in [0.15, 0.2) is 0 Å². The first kappa shape index (κ1) is 15.9. The summed E-state index contributed by atoms with van der Waals surface area (Å²) in [6.07, 6.45) is -0.763. The summed E-state index contributed by atoms with van der Waals surface area (Å²) in [5.41, 5.74) is -0.851. The van der Waals surface area contributed by atoms with E-state index >= 15 is 0 Å². The van der Waals surface area contributed by atoms with Gasteiger partial charge in [0.05, 0.1) is 18.3 Å². The number of hydrogen-bond donors (Lipinski definition) is 3. The van der Waals surface area contributed by atoms with E-state index in [1.54, 1.807) is 4.08 Å². The van der Waals surface area contributed by atoms with E-state index in [0.29, 0.717) is 4.48 Å². The number of aromatic amines is 1. The van der Waals surface area contributed by atoms with E-state index in [4.69, 9.17) is 9.84 Å². The normalized spacial score (nSPS) is 27.0. The largest absolute Gasteiger partial charge is 0.394 e. The predicted molar refractivity (Wildman–Crippen MR) is 83.9 cm³/mol. The number of hydrogen-bond acceptors (Lipinski definition) is 5. The van der Waals surface area contributed by atoms with Gasteiger partial charge in [-0.25, -0.2) is 4.79 Å². The molecule has 20 heavy (non-hydrogen) atoms. The lowest BCUT2D eigenvalue weighted by molar-refractivity contribution is -0.0459. The maximum Gasteiger partial charge on any atom is 0.330 e. The molecule has 1 unspecified atom stereocenters. The van der Waals surface area contributed by atoms with Gasteiger partial charge in [0.25, 0.3) is 5.56 Å². The lowest BCUT2D eigenvalue weighted by Crippen LogP contribution is -2.33. The zero-order valence-corrected chi connectivity index (χ0v) is 13.9. The minimum Gasteiger partial charge on any atom is -0.394 e. The molecular weight excluding hydrogens is 447 g/mol. The first-order valence-corrected chi connectivity index (χ1v) is 7.78. The molecule has 0 spiro atoms. The SMILES string of the molecule is O=c1[nH]c(=O)n([C@@H]2CC(O)[C@H](CO)O2)cc1/C(Br)=C\I. The van der Waals surface area contributed by atoms with E-state index in [0.717, 1.165) is 0 Å². The van der Waals surface area contributed by atoms with Crippen molar-refractivity contribution >= 4 is 43.0 Å². The van der Waals surface area contributed by atoms with Crippen LogP contribution in [0.25, 0.3) is 4.48 Å². The highest BCUT2D eigenvalue weighted by molar-refractivity contribution is 14.1. The Morgan fingerprint density at radius 3 is 2.90 bits per heavy atom. The van der Waals surface area contributed by atoms with Gasteiger partial charge in [0, 0.05) is 17.1 Å². The van der Waals surface area contributed by atoms with Crippen LogP contribution in [0.5, 0.6) is 0 Å². The maximum absolute atomic E-state index is 11.8. The molecule has 0 aromatic carbocycles. The van der Waals surface area contributed by atoms with Crippen molar-refractivity contribution in [3.8, 4) is 0 Å². The number of nitrogens with zero attached hydrogens (tertiary/aromatic N) is 1. The molecule has 0 saturated carbocycles. The monoisotopic (exact) mass is 458 g/mol. The number of H-pyrrole nitrogens is 1. The third-order valence-electron chi connectivity index (χ3n) is 3.02. The van der Waals surface area contributed by atoms with E-state index in [9.17, 15) is 14.7 Å². The molecule has 2 rings (SSSR count). The summed E-state index contributed by atoms with van der Waals surface area (Å²) in [5, 5.41) is 18.7. The number of rotatable bonds is 3. The van der Waals surface area contributed by atoms with Gasteiger partial charge in [-0.05, 0) is 20.0 Å². The molecule has 2 heterocycles. The van der Waals surface area contributed by atoms with Crippen molar-refractivity contribution in [2.45, 2.75) is 24.9 Å². The first-order valence-electron chi connectivity index (χ1n) is 5.74. The standard InChI is InChI=1S/C11H12BrIN2O5/c12-6(2-13)5-3-15(11(19)14-10(5)18)9-1-7(17)8(4-16)20-9/h2-3,7-9,16-17H,1,4H2,(H,14,18,19)/b6-2+/t7?,8-,9-/m0/s1. The zero-order chi connectivity index (χ0) is 14.9. The molecule has 0 aliphatic carbocycles. The fourth-order valence-corrected chi connectivity index (χ4v) is 2.60. The minimum absolute atomic E-state index is 0.169. The van der Waals surface area contributed by atoms with Crippen molar-refractivity contribution in [2.24, 2.45) is 0 Å². The smallest absolute Gasteiger partial charge is 0.330 e. The highest BCUT2D eigenvalue weighted by Crippen LogP contribution is 2.28. The summed E-state index contributed by atoms with van der Waals surface area (Å²) in [6, 6.07) is 0. The fourth-order valence-electron chi connectivity index (χ4n) is 1.98. The lowest BCUT2D eigenvalue weighted by Gasteiger charge is -2.15. The van der Waals surface area contributed by atoms with Gasteiger partial charge in [-0.2, -0.15) is 0 Å². The predicted octanol–water partition coefficient (Wildman–Crippen LogP) is 0.306. The van der Waals surface area contributed by atoms with Gasteiger partial charge in [0.1, 0.15) is 12.3 Å². The van der Waals surface area contributed by atoms with Crippen LogP contribution < -0.4 is 11.2 Å². The number of ether oxygens (including phenoxy) is 1. The van der Waals surface area contributed by atoms with Gasteiger partial charge in [-0.15, -0.1) is 0 Å². The lowest BCUT2D eigenvalue weighted by atomic mass is 10.2. The topological polar surface area (TPSA) is 105 Å². The van der Waals surface area contributed by atoms with E-state index in [-0.39, 0.29) is 18.6 Å². The Hall–Kier alpha value is -0.490. The zero-order valence-electron chi connectivity index (χ0n) is 10.1. The number of halogens is 2. The average molecular weight is 459 g/mol. The Morgan fingerprint density at radius 2 is 2.35 bits per heavy atom. The van der Waals surface area contributed by atoms with Crippen LogP contribution in [-0.2, 0) is 4.74 Å². The number of aromatic nitrogens is 2. The van der Waals surface area contributed by atoms with Gasteiger partial charge >= 0.3 is 5.69 Å². The molecular formula is C11H12BrIN2O5. The average Bonchev–Trinajstić information content (AvgIpc) is 2.79. The Labute approximate surface area is 135 Å². The molecule has 1 aliphatic rings. The van der Waals surface area contributed by atoms with Crippen molar-refractivity contribution in [3.05, 3.63) is 36.7 Å². The second-order valence-electron chi connectivity index (χ2n) is 4.28. The first-order chi connectivity index (χ1) is 9.47. The van der Waals surface area contributed by atoms with Crippen molar-refractivity contribution in [1.82, 2.24) is 9.55 Å². The van der Waals surface area contributed by atoms with Crippen LogP contribution in [-0.4, -0.2) is 38.6 Å². The van der Waals surface area contributed by atoms with Crippen LogP contribution in [0.1, 0.15) is 18.2 Å². The molecule has 0 radical (unpaired) electrons. The second-order valence-corrected chi connectivity index (χ2v) is 5.76. The summed E-state index contributed by atoms with van der Waals surface area (Å²) in [7, 11) is 0. The number of nitrogens with one attached hydrogen (secondary N) is 1. The third kappa shape index (κ3) is 3.06. The van der Waals surface area contributed by atoms with Crippen LogP contribution in [0.15, 0.2) is 19.9 Å². The summed E-state index contributed by atoms with van der Waals surface area (Å²) in [6.45, 7) is -0.333. The summed E-state index contributed by atoms with van der Waals surface area (Å²) >= 11 is 5.19. The highest BCUT2D eigenvalue weighted by Gasteiger charge is 2.35. The van der Waals surface area contributed by atoms with Gasteiger partial charge in [-0.3, -0.25) is 14.3 Å². The third-order valence-corrected chi connectivity index (χ3v) is 5.15. The van der Waals surface area contributed by atoms with E-state index < -0.39 is 29.7 Å². The van der Waals surface area contributed by atoms with Crippen molar-refractivity contribution in [2.75, 3.05) is 6.61 Å². The van der Waals surface area contributed by atoms with Crippen molar-refractivity contribution in [3.63, 3.8) is 0 Å². The molecule has 1 fully saturated rings. The Balaban J connectivity index is 2.43. The Kier molecular flexibility index (Phi) is 5.18. The van der Waals surface area contributed by atoms with Gasteiger partial charge in [-0.1, -0.05) is 22.6 Å². The quantitative estimate of drug-likeness (QED) is 0.565. The van der Waals surface area contributed by atoms with Crippen LogP contribution in [0.2, 0.25) is 0 Å². The van der Waals surface area contributed by atoms with Gasteiger partial charge < -0.3 is 14.9 Å². The minimum atomic E-state index is -0.851. The molecule has 9 heteroatoms. The van der Waals surface area contributed by atoms with E-state index in [1.807, 2.05) is 22.6 Å². The molecule has 0 bridgehead atoms. The van der Waals surface area contributed by atoms with Crippen LogP contribution in [0.3, 0.4) is 0 Å². The van der Waals surface area contributed by atoms with Gasteiger partial charge in [0.2, 0.25) is 0 Å². The van der Waals surface area contributed by atoms with Crippen LogP contribution in [0, 0.1) is 0 Å². The molecule has 1 aromatic heterocycles. The molecule has 1 aromatic rings. The van der Waals surface area contributed by atoms with Crippen molar-refractivity contribution < 1.29 is 14.9 Å². The van der Waals surface area contributed by atoms with E-state index in [1.165, 1.54) is 10.8 Å². The molecule has 0 amide bonds. The van der Waals surface area contributed by atoms with Crippen LogP contribution in [0.4, 0.5) is 0 Å². The summed E-state index contributed by atoms with van der Waals surface area (Å²) < 4.78 is 8.79. The molecule has 110 valence electrons. The second kappa shape index (κ2) is 6.52. The fraction of sp³-hybridized carbons (Fsp3) is 0.455. The molecule has 1 saturated heterocycles. The Bertz CT molecular complexity index is 640. The summed E-state index contributed by atoms with van der Waals surface area (Å²) in [4.78, 5) is 25.8. The number of aliphatic hydroxyl groups is 2. The number of aliphatic hydroxyl groups excluding tert-OH is 2. The molecule has 3 atom stereocenters. The van der Waals surface area contributed by atoms with Crippen molar-refractivity contribution in [1.29, 1.82) is 0 Å². The molecule has 1 aliphatic heterocycles.